The number of benzene rings is 2. The zero-order chi connectivity index (χ0) is 25.3. The van der Waals surface area contributed by atoms with Crippen LogP contribution in [0.3, 0.4) is 0 Å². The third-order valence-corrected chi connectivity index (χ3v) is 8.25. The number of rotatable bonds is 7. The molecule has 2 aliphatic rings. The van der Waals surface area contributed by atoms with Gasteiger partial charge in [0.1, 0.15) is 11.4 Å². The number of carbonyl (C=O) groups is 1. The topological polar surface area (TPSA) is 59.4 Å². The van der Waals surface area contributed by atoms with Crippen LogP contribution in [0.25, 0.3) is 0 Å². The van der Waals surface area contributed by atoms with Crippen molar-refractivity contribution in [2.45, 2.75) is 83.2 Å². The highest BCUT2D eigenvalue weighted by atomic mass is 16.5. The van der Waals surface area contributed by atoms with E-state index in [1.165, 1.54) is 5.56 Å². The predicted molar refractivity (Wildman–Crippen MR) is 143 cm³/mol. The van der Waals surface area contributed by atoms with Crippen LogP contribution < -0.4 is 5.32 Å². The zero-order valence-electron chi connectivity index (χ0n) is 21.9. The van der Waals surface area contributed by atoms with E-state index in [-0.39, 0.29) is 29.1 Å². The standard InChI is InChI=1S/C30H38N4O2/c1-5-30(6-2)17-24(36-21-22-13-9-7-10-14-22)20-33(30)28(35)25-19-31-34-27(25)32-26(18-29(34,3)4)23-15-11-8-12-16-23/h7-16,19,24,26,32H,5-6,17-18,20-21H2,1-4H3/t24-,26+/m1/s1. The van der Waals surface area contributed by atoms with Gasteiger partial charge in [-0.25, -0.2) is 4.68 Å². The summed E-state index contributed by atoms with van der Waals surface area (Å²) in [6.07, 6.45) is 5.32. The van der Waals surface area contributed by atoms with Crippen molar-refractivity contribution in [3.05, 3.63) is 83.6 Å². The Morgan fingerprint density at radius 3 is 2.36 bits per heavy atom. The maximum atomic E-state index is 14.2. The van der Waals surface area contributed by atoms with Crippen LogP contribution in [0.1, 0.15) is 80.9 Å². The van der Waals surface area contributed by atoms with Crippen LogP contribution in [-0.4, -0.2) is 38.8 Å². The minimum absolute atomic E-state index is 0.0157. The molecule has 0 bridgehead atoms. The van der Waals surface area contributed by atoms with Gasteiger partial charge in [-0.2, -0.15) is 5.10 Å². The summed E-state index contributed by atoms with van der Waals surface area (Å²) >= 11 is 0. The van der Waals surface area contributed by atoms with Crippen LogP contribution in [0.4, 0.5) is 5.82 Å². The number of anilines is 1. The van der Waals surface area contributed by atoms with Gasteiger partial charge in [0.2, 0.25) is 0 Å². The van der Waals surface area contributed by atoms with Crippen LogP contribution in [0, 0.1) is 0 Å². The third kappa shape index (κ3) is 4.43. The summed E-state index contributed by atoms with van der Waals surface area (Å²) in [5.74, 6) is 0.864. The number of aromatic nitrogens is 2. The minimum atomic E-state index is -0.212. The van der Waals surface area contributed by atoms with Crippen molar-refractivity contribution in [2.75, 3.05) is 11.9 Å². The molecule has 190 valence electrons. The number of ether oxygens (including phenoxy) is 1. The summed E-state index contributed by atoms with van der Waals surface area (Å²) in [5, 5.41) is 8.36. The van der Waals surface area contributed by atoms with Gasteiger partial charge in [0.15, 0.2) is 0 Å². The first-order valence-corrected chi connectivity index (χ1v) is 13.2. The summed E-state index contributed by atoms with van der Waals surface area (Å²) in [6.45, 7) is 9.92. The highest BCUT2D eigenvalue weighted by Crippen LogP contribution is 2.43. The van der Waals surface area contributed by atoms with E-state index in [9.17, 15) is 4.79 Å². The van der Waals surface area contributed by atoms with Crippen LogP contribution in [0.15, 0.2) is 66.9 Å². The van der Waals surface area contributed by atoms with Gasteiger partial charge in [-0.3, -0.25) is 4.79 Å². The summed E-state index contributed by atoms with van der Waals surface area (Å²) in [4.78, 5) is 16.2. The molecule has 0 unspecified atom stereocenters. The van der Waals surface area contributed by atoms with Gasteiger partial charge < -0.3 is 15.0 Å². The molecular formula is C30H38N4O2. The van der Waals surface area contributed by atoms with Crippen LogP contribution in [0.5, 0.6) is 0 Å². The van der Waals surface area contributed by atoms with Crippen molar-refractivity contribution in [1.29, 1.82) is 0 Å². The molecule has 1 fully saturated rings. The summed E-state index contributed by atoms with van der Waals surface area (Å²) in [5.41, 5.74) is 2.61. The van der Waals surface area contributed by atoms with Gasteiger partial charge in [0.25, 0.3) is 5.91 Å². The smallest absolute Gasteiger partial charge is 0.259 e. The molecule has 3 heterocycles. The molecule has 6 heteroatoms. The van der Waals surface area contributed by atoms with E-state index in [0.29, 0.717) is 18.7 Å². The molecule has 0 saturated carbocycles. The molecule has 1 saturated heterocycles. The van der Waals surface area contributed by atoms with Crippen molar-refractivity contribution >= 4 is 11.7 Å². The molecule has 3 aromatic rings. The van der Waals surface area contributed by atoms with Crippen LogP contribution in [0.2, 0.25) is 0 Å². The molecule has 2 atom stereocenters. The monoisotopic (exact) mass is 486 g/mol. The molecule has 2 aromatic carbocycles. The number of nitrogens with one attached hydrogen (secondary N) is 1. The molecule has 6 nitrogen and oxygen atoms in total. The maximum Gasteiger partial charge on any atom is 0.259 e. The fourth-order valence-corrected chi connectivity index (χ4v) is 6.05. The van der Waals surface area contributed by atoms with Crippen molar-refractivity contribution in [1.82, 2.24) is 14.7 Å². The van der Waals surface area contributed by atoms with Gasteiger partial charge >= 0.3 is 0 Å². The first kappa shape index (κ1) is 24.6. The second-order valence-corrected chi connectivity index (χ2v) is 10.9. The number of carbonyl (C=O) groups excluding carboxylic acids is 1. The highest BCUT2D eigenvalue weighted by Gasteiger charge is 2.47. The molecular weight excluding hydrogens is 448 g/mol. The Hall–Kier alpha value is -3.12. The Bertz CT molecular complexity index is 1180. The Morgan fingerprint density at radius 1 is 1.03 bits per heavy atom. The van der Waals surface area contributed by atoms with Gasteiger partial charge in [-0.15, -0.1) is 0 Å². The molecule has 0 aliphatic carbocycles. The molecule has 1 amide bonds. The lowest BCUT2D eigenvalue weighted by atomic mass is 9.88. The van der Waals surface area contributed by atoms with Crippen LogP contribution >= 0.6 is 0 Å². The molecule has 5 rings (SSSR count). The molecule has 2 aliphatic heterocycles. The second kappa shape index (κ2) is 9.74. The molecule has 1 N–H and O–H groups in total. The van der Waals surface area contributed by atoms with Crippen LogP contribution in [-0.2, 0) is 16.9 Å². The summed E-state index contributed by atoms with van der Waals surface area (Å²) in [6, 6.07) is 20.8. The quantitative estimate of drug-likeness (QED) is 0.434. The van der Waals surface area contributed by atoms with E-state index >= 15 is 0 Å². The largest absolute Gasteiger partial charge is 0.372 e. The molecule has 1 aromatic heterocycles. The number of hydrogen-bond acceptors (Lipinski definition) is 4. The predicted octanol–water partition coefficient (Wildman–Crippen LogP) is 6.17. The Labute approximate surface area is 214 Å². The van der Waals surface area contributed by atoms with Gasteiger partial charge in [-0.1, -0.05) is 74.5 Å². The Balaban J connectivity index is 1.41. The van der Waals surface area contributed by atoms with Crippen molar-refractivity contribution in [3.63, 3.8) is 0 Å². The number of likely N-dealkylation sites (tertiary alicyclic amines) is 1. The number of hydrogen-bond donors (Lipinski definition) is 1. The fraction of sp³-hybridized carbons (Fsp3) is 0.467. The average Bonchev–Trinajstić information content (AvgIpc) is 3.51. The third-order valence-electron chi connectivity index (χ3n) is 8.25. The Kier molecular flexibility index (Phi) is 6.64. The van der Waals surface area contributed by atoms with Crippen molar-refractivity contribution < 1.29 is 9.53 Å². The minimum Gasteiger partial charge on any atom is -0.372 e. The van der Waals surface area contributed by atoms with Gasteiger partial charge in [0.05, 0.1) is 30.5 Å². The Morgan fingerprint density at radius 2 is 1.69 bits per heavy atom. The van der Waals surface area contributed by atoms with Gasteiger partial charge in [0, 0.05) is 12.1 Å². The fourth-order valence-electron chi connectivity index (χ4n) is 6.05. The summed E-state index contributed by atoms with van der Waals surface area (Å²) < 4.78 is 8.33. The number of fused-ring (bicyclic) bond motifs is 1. The highest BCUT2D eigenvalue weighted by molar-refractivity contribution is 5.99. The normalized spacial score (nSPS) is 22.2. The average molecular weight is 487 g/mol. The molecule has 0 radical (unpaired) electrons. The number of nitrogens with zero attached hydrogens (tertiary/aromatic N) is 3. The lowest BCUT2D eigenvalue weighted by molar-refractivity contribution is 0.0436. The second-order valence-electron chi connectivity index (χ2n) is 10.9. The van der Waals surface area contributed by atoms with E-state index in [4.69, 9.17) is 9.84 Å². The van der Waals surface area contributed by atoms with E-state index in [1.807, 2.05) is 28.9 Å². The zero-order valence-corrected chi connectivity index (χ0v) is 21.9. The van der Waals surface area contributed by atoms with Crippen molar-refractivity contribution in [2.24, 2.45) is 0 Å². The first-order chi connectivity index (χ1) is 17.4. The molecule has 0 spiro atoms. The lowest BCUT2D eigenvalue weighted by Gasteiger charge is -2.39. The SMILES string of the molecule is CCC1(CC)C[C@@H](OCc2ccccc2)CN1C(=O)c1cnn2c1N[C@H](c1ccccc1)CC2(C)C. The van der Waals surface area contributed by atoms with E-state index < -0.39 is 0 Å². The van der Waals surface area contributed by atoms with E-state index in [1.54, 1.807) is 6.20 Å². The first-order valence-electron chi connectivity index (χ1n) is 13.2. The van der Waals surface area contributed by atoms with Gasteiger partial charge in [-0.05, 0) is 50.7 Å². The van der Waals surface area contributed by atoms with E-state index in [0.717, 1.165) is 37.1 Å². The van der Waals surface area contributed by atoms with E-state index in [2.05, 4.69) is 74.3 Å². The lowest BCUT2D eigenvalue weighted by Crippen LogP contribution is -2.47. The maximum absolute atomic E-state index is 14.2. The number of amides is 1. The van der Waals surface area contributed by atoms with Crippen molar-refractivity contribution in [3.8, 4) is 0 Å². The molecule has 36 heavy (non-hydrogen) atoms. The summed E-state index contributed by atoms with van der Waals surface area (Å²) in [7, 11) is 0.